The number of hydrogen-bond acceptors (Lipinski definition) is 4. The minimum Gasteiger partial charge on any atom is -0.253 e. The van der Waals surface area contributed by atoms with Crippen molar-refractivity contribution in [2.75, 3.05) is 5.43 Å². The molecule has 3 aromatic rings. The van der Waals surface area contributed by atoms with Crippen molar-refractivity contribution >= 4 is 45.9 Å². The van der Waals surface area contributed by atoms with Gasteiger partial charge in [0.2, 0.25) is 5.13 Å². The van der Waals surface area contributed by atoms with Crippen LogP contribution >= 0.6 is 34.5 Å². The molecule has 0 aliphatic rings. The Kier molecular flexibility index (Phi) is 5.50. The zero-order valence-electron chi connectivity index (χ0n) is 12.9. The molecular formula is C17H10Cl2F3N3S. The SMILES string of the molecule is FC(F)(F)c1nc(N/N=C\c2ccc(Cl)cc2Cl)sc1-c1ccccc1. The maximum atomic E-state index is 13.3. The molecular weight excluding hydrogens is 406 g/mol. The molecule has 0 unspecified atom stereocenters. The third-order valence-electron chi connectivity index (χ3n) is 3.26. The number of nitrogens with one attached hydrogen (secondary N) is 1. The van der Waals surface area contributed by atoms with Gasteiger partial charge in [-0.15, -0.1) is 0 Å². The minimum atomic E-state index is -4.56. The summed E-state index contributed by atoms with van der Waals surface area (Å²) in [6.07, 6.45) is -3.18. The lowest BCUT2D eigenvalue weighted by Gasteiger charge is -2.05. The standard InChI is InChI=1S/C17H10Cl2F3N3S/c18-12-7-6-11(13(19)8-12)9-23-25-16-24-15(17(20,21)22)14(26-16)10-4-2-1-3-5-10/h1-9H,(H,24,25)/b23-9-. The van der Waals surface area contributed by atoms with Gasteiger partial charge >= 0.3 is 6.18 Å². The van der Waals surface area contributed by atoms with Gasteiger partial charge in [-0.25, -0.2) is 4.98 Å². The van der Waals surface area contributed by atoms with Gasteiger partial charge in [0.1, 0.15) is 0 Å². The molecule has 0 fully saturated rings. The molecule has 0 saturated carbocycles. The fourth-order valence-electron chi connectivity index (χ4n) is 2.11. The van der Waals surface area contributed by atoms with Crippen LogP contribution < -0.4 is 5.43 Å². The minimum absolute atomic E-state index is 0.0255. The Morgan fingerprint density at radius 1 is 1.08 bits per heavy atom. The van der Waals surface area contributed by atoms with Crippen molar-refractivity contribution in [2.45, 2.75) is 6.18 Å². The molecule has 1 N–H and O–H groups in total. The predicted octanol–water partition coefficient (Wildman–Crippen LogP) is 6.58. The Balaban J connectivity index is 1.87. The monoisotopic (exact) mass is 415 g/mol. The van der Waals surface area contributed by atoms with Crippen LogP contribution in [0.1, 0.15) is 11.3 Å². The molecule has 1 aromatic heterocycles. The zero-order valence-corrected chi connectivity index (χ0v) is 15.2. The van der Waals surface area contributed by atoms with Crippen LogP contribution in [0.2, 0.25) is 10.0 Å². The van der Waals surface area contributed by atoms with E-state index < -0.39 is 11.9 Å². The van der Waals surface area contributed by atoms with Crippen molar-refractivity contribution in [3.05, 3.63) is 69.8 Å². The first kappa shape index (κ1) is 18.7. The molecule has 3 nitrogen and oxygen atoms in total. The maximum absolute atomic E-state index is 13.3. The molecule has 26 heavy (non-hydrogen) atoms. The first-order valence-corrected chi connectivity index (χ1v) is 8.79. The Morgan fingerprint density at radius 3 is 2.46 bits per heavy atom. The number of rotatable bonds is 4. The van der Waals surface area contributed by atoms with Crippen LogP contribution in [0.4, 0.5) is 18.3 Å². The average molecular weight is 416 g/mol. The Labute approximate surface area is 161 Å². The summed E-state index contributed by atoms with van der Waals surface area (Å²) in [6, 6.07) is 13.1. The largest absolute Gasteiger partial charge is 0.434 e. The molecule has 134 valence electrons. The number of anilines is 1. The molecule has 0 atom stereocenters. The average Bonchev–Trinajstić information content (AvgIpc) is 3.02. The molecule has 0 radical (unpaired) electrons. The van der Waals surface area contributed by atoms with Gasteiger partial charge in [0.25, 0.3) is 0 Å². The van der Waals surface area contributed by atoms with Crippen LogP contribution in [-0.4, -0.2) is 11.2 Å². The summed E-state index contributed by atoms with van der Waals surface area (Å²) < 4.78 is 39.8. The van der Waals surface area contributed by atoms with E-state index in [1.54, 1.807) is 48.5 Å². The second-order valence-electron chi connectivity index (χ2n) is 5.10. The van der Waals surface area contributed by atoms with Crippen molar-refractivity contribution in [1.29, 1.82) is 0 Å². The number of halogens is 5. The van der Waals surface area contributed by atoms with E-state index in [0.717, 1.165) is 11.3 Å². The first-order chi connectivity index (χ1) is 12.3. The Morgan fingerprint density at radius 2 is 1.81 bits per heavy atom. The second-order valence-corrected chi connectivity index (χ2v) is 6.94. The molecule has 1 heterocycles. The van der Waals surface area contributed by atoms with Crippen molar-refractivity contribution in [3.63, 3.8) is 0 Å². The maximum Gasteiger partial charge on any atom is 0.434 e. The lowest BCUT2D eigenvalue weighted by Crippen LogP contribution is -2.07. The van der Waals surface area contributed by atoms with Crippen LogP contribution in [0.25, 0.3) is 10.4 Å². The number of hydrazone groups is 1. The van der Waals surface area contributed by atoms with Gasteiger partial charge in [-0.05, 0) is 17.7 Å². The molecule has 0 aliphatic heterocycles. The third kappa shape index (κ3) is 4.35. The Bertz CT molecular complexity index is 940. The summed E-state index contributed by atoms with van der Waals surface area (Å²) in [5, 5.41) is 4.79. The molecule has 0 saturated heterocycles. The highest BCUT2D eigenvalue weighted by atomic mass is 35.5. The van der Waals surface area contributed by atoms with Crippen molar-refractivity contribution in [2.24, 2.45) is 5.10 Å². The number of benzene rings is 2. The number of thiazole rings is 1. The molecule has 3 rings (SSSR count). The van der Waals surface area contributed by atoms with Gasteiger partial charge in [0, 0.05) is 10.6 Å². The first-order valence-electron chi connectivity index (χ1n) is 7.22. The summed E-state index contributed by atoms with van der Waals surface area (Å²) in [5.74, 6) is 0. The molecule has 0 spiro atoms. The van der Waals surface area contributed by atoms with Gasteiger partial charge in [-0.2, -0.15) is 18.3 Å². The zero-order chi connectivity index (χ0) is 18.7. The van der Waals surface area contributed by atoms with Crippen LogP contribution in [0.15, 0.2) is 53.6 Å². The molecule has 0 amide bonds. The fourth-order valence-corrected chi connectivity index (χ4v) is 3.51. The van der Waals surface area contributed by atoms with Gasteiger partial charge in [0.15, 0.2) is 5.69 Å². The number of alkyl halides is 3. The summed E-state index contributed by atoms with van der Waals surface area (Å²) in [5.41, 5.74) is 2.58. The van der Waals surface area contributed by atoms with Crippen molar-refractivity contribution in [3.8, 4) is 10.4 Å². The quantitative estimate of drug-likeness (QED) is 0.385. The van der Waals surface area contributed by atoms with Crippen molar-refractivity contribution < 1.29 is 13.2 Å². The molecule has 2 aromatic carbocycles. The summed E-state index contributed by atoms with van der Waals surface area (Å²) in [7, 11) is 0. The van der Waals surface area contributed by atoms with E-state index in [-0.39, 0.29) is 10.0 Å². The van der Waals surface area contributed by atoms with Gasteiger partial charge < -0.3 is 0 Å². The molecule has 0 bridgehead atoms. The lowest BCUT2D eigenvalue weighted by molar-refractivity contribution is -0.140. The predicted molar refractivity (Wildman–Crippen MR) is 100 cm³/mol. The van der Waals surface area contributed by atoms with E-state index in [2.05, 4.69) is 15.5 Å². The van der Waals surface area contributed by atoms with Gasteiger partial charge in [0.05, 0.1) is 16.1 Å². The van der Waals surface area contributed by atoms with Crippen LogP contribution in [-0.2, 0) is 6.18 Å². The smallest absolute Gasteiger partial charge is 0.253 e. The van der Waals surface area contributed by atoms with Crippen LogP contribution in [0, 0.1) is 0 Å². The Hall–Kier alpha value is -2.09. The third-order valence-corrected chi connectivity index (χ3v) is 4.83. The van der Waals surface area contributed by atoms with E-state index in [4.69, 9.17) is 23.2 Å². The number of hydrogen-bond donors (Lipinski definition) is 1. The summed E-state index contributed by atoms with van der Waals surface area (Å²) in [4.78, 5) is 3.67. The second kappa shape index (κ2) is 7.65. The van der Waals surface area contributed by atoms with E-state index in [0.29, 0.717) is 21.2 Å². The lowest BCUT2D eigenvalue weighted by atomic mass is 10.1. The van der Waals surface area contributed by atoms with Crippen LogP contribution in [0.5, 0.6) is 0 Å². The number of aromatic nitrogens is 1. The van der Waals surface area contributed by atoms with Crippen molar-refractivity contribution in [1.82, 2.24) is 4.98 Å². The van der Waals surface area contributed by atoms with Gasteiger partial charge in [-0.1, -0.05) is 70.9 Å². The van der Waals surface area contributed by atoms with E-state index in [1.807, 2.05) is 0 Å². The highest BCUT2D eigenvalue weighted by Crippen LogP contribution is 2.41. The van der Waals surface area contributed by atoms with Crippen LogP contribution in [0.3, 0.4) is 0 Å². The number of nitrogens with zero attached hydrogens (tertiary/aromatic N) is 2. The van der Waals surface area contributed by atoms with E-state index in [9.17, 15) is 13.2 Å². The molecule has 0 aliphatic carbocycles. The normalized spacial score (nSPS) is 11.9. The highest BCUT2D eigenvalue weighted by Gasteiger charge is 2.38. The summed E-state index contributed by atoms with van der Waals surface area (Å²) >= 11 is 12.7. The fraction of sp³-hybridized carbons (Fsp3) is 0.0588. The highest BCUT2D eigenvalue weighted by molar-refractivity contribution is 7.19. The summed E-state index contributed by atoms with van der Waals surface area (Å²) in [6.45, 7) is 0. The molecule has 9 heteroatoms. The van der Waals surface area contributed by atoms with E-state index >= 15 is 0 Å². The van der Waals surface area contributed by atoms with E-state index in [1.165, 1.54) is 6.21 Å². The topological polar surface area (TPSA) is 37.3 Å². The van der Waals surface area contributed by atoms with Gasteiger partial charge in [-0.3, -0.25) is 5.43 Å².